The Labute approximate surface area is 110 Å². The van der Waals surface area contributed by atoms with Gasteiger partial charge in [0.25, 0.3) is 0 Å². The van der Waals surface area contributed by atoms with Crippen molar-refractivity contribution < 1.29 is 0 Å². The van der Waals surface area contributed by atoms with Gasteiger partial charge < -0.3 is 5.32 Å². The monoisotopic (exact) mass is 253 g/mol. The maximum atomic E-state index is 4.07. The molecule has 1 rings (SSSR count). The lowest BCUT2D eigenvalue weighted by Gasteiger charge is -2.08. The van der Waals surface area contributed by atoms with Crippen molar-refractivity contribution in [3.05, 3.63) is 5.82 Å². The van der Waals surface area contributed by atoms with Crippen LogP contribution in [-0.2, 0) is 13.1 Å². The molecule has 18 heavy (non-hydrogen) atoms. The average molecular weight is 253 g/mol. The smallest absolute Gasteiger partial charge is 0.165 e. The van der Waals surface area contributed by atoms with E-state index >= 15 is 0 Å². The van der Waals surface area contributed by atoms with Gasteiger partial charge in [-0.05, 0) is 35.2 Å². The largest absolute Gasteiger partial charge is 0.310 e. The number of unbranched alkanes of at least 4 members (excludes halogenated alkanes) is 1. The molecule has 0 aliphatic carbocycles. The van der Waals surface area contributed by atoms with Gasteiger partial charge in [-0.15, -0.1) is 5.10 Å². The van der Waals surface area contributed by atoms with E-state index in [0.29, 0.717) is 5.92 Å². The number of hydrogen-bond acceptors (Lipinski definition) is 4. The maximum absolute atomic E-state index is 4.07. The molecule has 104 valence electrons. The second-order valence-electron chi connectivity index (χ2n) is 5.73. The van der Waals surface area contributed by atoms with Gasteiger partial charge in [-0.1, -0.05) is 40.5 Å². The molecule has 0 radical (unpaired) electrons. The number of aromatic nitrogens is 4. The van der Waals surface area contributed by atoms with Gasteiger partial charge in [0.05, 0.1) is 6.54 Å². The normalized spacial score (nSPS) is 11.7. The third kappa shape index (κ3) is 6.10. The summed E-state index contributed by atoms with van der Waals surface area (Å²) in [6.45, 7) is 11.6. The standard InChI is InChI=1S/C13H27N5/c1-11(2)7-5-6-8-18-13(15-16-17-18)10-14-9-12(3)4/h11-12,14H,5-10H2,1-4H3. The van der Waals surface area contributed by atoms with Crippen molar-refractivity contribution in [2.24, 2.45) is 11.8 Å². The molecular formula is C13H27N5. The lowest BCUT2D eigenvalue weighted by molar-refractivity contribution is 0.465. The lowest BCUT2D eigenvalue weighted by atomic mass is 10.1. The molecule has 1 N–H and O–H groups in total. The highest BCUT2D eigenvalue weighted by molar-refractivity contribution is 4.79. The summed E-state index contributed by atoms with van der Waals surface area (Å²) in [4.78, 5) is 0. The summed E-state index contributed by atoms with van der Waals surface area (Å²) < 4.78 is 1.92. The first-order valence-corrected chi connectivity index (χ1v) is 7.05. The Morgan fingerprint density at radius 2 is 1.89 bits per heavy atom. The summed E-state index contributed by atoms with van der Waals surface area (Å²) in [5, 5.41) is 15.2. The zero-order valence-corrected chi connectivity index (χ0v) is 12.2. The van der Waals surface area contributed by atoms with Crippen molar-refractivity contribution in [3.63, 3.8) is 0 Å². The topological polar surface area (TPSA) is 55.6 Å². The van der Waals surface area contributed by atoms with E-state index in [0.717, 1.165) is 37.8 Å². The SMILES string of the molecule is CC(C)CCCCn1nnnc1CNCC(C)C. The molecular weight excluding hydrogens is 226 g/mol. The van der Waals surface area contributed by atoms with E-state index in [9.17, 15) is 0 Å². The number of nitrogens with zero attached hydrogens (tertiary/aromatic N) is 4. The molecule has 0 aliphatic rings. The maximum Gasteiger partial charge on any atom is 0.165 e. The molecule has 5 nitrogen and oxygen atoms in total. The van der Waals surface area contributed by atoms with Crippen molar-refractivity contribution in [2.75, 3.05) is 6.54 Å². The van der Waals surface area contributed by atoms with Gasteiger partial charge in [0.1, 0.15) is 0 Å². The zero-order chi connectivity index (χ0) is 13.4. The van der Waals surface area contributed by atoms with Gasteiger partial charge in [-0.2, -0.15) is 0 Å². The molecule has 0 aromatic carbocycles. The molecule has 0 unspecified atom stereocenters. The van der Waals surface area contributed by atoms with Gasteiger partial charge in [-0.3, -0.25) is 0 Å². The molecule has 0 bridgehead atoms. The Balaban J connectivity index is 2.26. The quantitative estimate of drug-likeness (QED) is 0.686. The van der Waals surface area contributed by atoms with Crippen LogP contribution >= 0.6 is 0 Å². The number of aryl methyl sites for hydroxylation is 1. The van der Waals surface area contributed by atoms with E-state index in [4.69, 9.17) is 0 Å². The number of nitrogens with one attached hydrogen (secondary N) is 1. The summed E-state index contributed by atoms with van der Waals surface area (Å²) in [5.41, 5.74) is 0. The van der Waals surface area contributed by atoms with Crippen LogP contribution in [0.4, 0.5) is 0 Å². The first-order chi connectivity index (χ1) is 8.59. The Morgan fingerprint density at radius 1 is 1.11 bits per heavy atom. The molecule has 0 spiro atoms. The summed E-state index contributed by atoms with van der Waals surface area (Å²) in [5.74, 6) is 2.38. The van der Waals surface area contributed by atoms with Gasteiger partial charge >= 0.3 is 0 Å². The average Bonchev–Trinajstić information content (AvgIpc) is 2.71. The zero-order valence-electron chi connectivity index (χ0n) is 12.2. The van der Waals surface area contributed by atoms with Gasteiger partial charge in [0, 0.05) is 6.54 Å². The molecule has 0 amide bonds. The predicted molar refractivity (Wildman–Crippen MR) is 73.1 cm³/mol. The minimum absolute atomic E-state index is 0.653. The molecule has 1 heterocycles. The van der Waals surface area contributed by atoms with Crippen LogP contribution in [0.15, 0.2) is 0 Å². The molecule has 1 aromatic rings. The number of tetrazole rings is 1. The number of rotatable bonds is 9. The Hall–Kier alpha value is -0.970. The van der Waals surface area contributed by atoms with Crippen LogP contribution in [0.2, 0.25) is 0 Å². The molecule has 0 atom stereocenters. The lowest BCUT2D eigenvalue weighted by Crippen LogP contribution is -2.21. The fourth-order valence-electron chi connectivity index (χ4n) is 1.81. The Morgan fingerprint density at radius 3 is 2.56 bits per heavy atom. The van der Waals surface area contributed by atoms with Crippen LogP contribution < -0.4 is 5.32 Å². The molecule has 0 saturated carbocycles. The van der Waals surface area contributed by atoms with Crippen LogP contribution in [0.3, 0.4) is 0 Å². The third-order valence-electron chi connectivity index (χ3n) is 2.84. The van der Waals surface area contributed by atoms with Crippen LogP contribution in [0.25, 0.3) is 0 Å². The minimum Gasteiger partial charge on any atom is -0.310 e. The van der Waals surface area contributed by atoms with Crippen LogP contribution in [0, 0.1) is 11.8 Å². The highest BCUT2D eigenvalue weighted by Crippen LogP contribution is 2.07. The summed E-state index contributed by atoms with van der Waals surface area (Å²) in [7, 11) is 0. The fraction of sp³-hybridized carbons (Fsp3) is 0.923. The van der Waals surface area contributed by atoms with E-state index in [1.165, 1.54) is 12.8 Å². The van der Waals surface area contributed by atoms with Gasteiger partial charge in [0.2, 0.25) is 0 Å². The molecule has 0 fully saturated rings. The second-order valence-corrected chi connectivity index (χ2v) is 5.73. The summed E-state index contributed by atoms with van der Waals surface area (Å²) in [6, 6.07) is 0. The Kier molecular flexibility index (Phi) is 6.86. The second kappa shape index (κ2) is 8.19. The van der Waals surface area contributed by atoms with Gasteiger partial charge in [-0.25, -0.2) is 4.68 Å². The van der Waals surface area contributed by atoms with E-state index in [1.807, 2.05) is 4.68 Å². The molecule has 0 aliphatic heterocycles. The van der Waals surface area contributed by atoms with Crippen molar-refractivity contribution in [1.29, 1.82) is 0 Å². The van der Waals surface area contributed by atoms with Gasteiger partial charge in [0.15, 0.2) is 5.82 Å². The van der Waals surface area contributed by atoms with E-state index in [1.54, 1.807) is 0 Å². The molecule has 1 aromatic heterocycles. The Bertz CT molecular complexity index is 319. The summed E-state index contributed by atoms with van der Waals surface area (Å²) in [6.07, 6.45) is 3.68. The first kappa shape index (κ1) is 15.1. The van der Waals surface area contributed by atoms with E-state index < -0.39 is 0 Å². The van der Waals surface area contributed by atoms with E-state index in [-0.39, 0.29) is 0 Å². The molecule has 0 saturated heterocycles. The van der Waals surface area contributed by atoms with Crippen molar-refractivity contribution in [2.45, 2.75) is 60.0 Å². The number of hydrogen-bond donors (Lipinski definition) is 1. The van der Waals surface area contributed by atoms with Crippen molar-refractivity contribution in [1.82, 2.24) is 25.5 Å². The van der Waals surface area contributed by atoms with Crippen LogP contribution in [-0.4, -0.2) is 26.8 Å². The van der Waals surface area contributed by atoms with E-state index in [2.05, 4.69) is 48.5 Å². The first-order valence-electron chi connectivity index (χ1n) is 7.05. The highest BCUT2D eigenvalue weighted by atomic mass is 15.5. The molecule has 5 heteroatoms. The third-order valence-corrected chi connectivity index (χ3v) is 2.84. The minimum atomic E-state index is 0.653. The summed E-state index contributed by atoms with van der Waals surface area (Å²) >= 11 is 0. The van der Waals surface area contributed by atoms with Crippen molar-refractivity contribution >= 4 is 0 Å². The van der Waals surface area contributed by atoms with Crippen molar-refractivity contribution in [3.8, 4) is 0 Å². The van der Waals surface area contributed by atoms with Crippen LogP contribution in [0.5, 0.6) is 0 Å². The fourth-order valence-corrected chi connectivity index (χ4v) is 1.81. The predicted octanol–water partition coefficient (Wildman–Crippen LogP) is 2.25. The van der Waals surface area contributed by atoms with Crippen LogP contribution in [0.1, 0.15) is 52.8 Å². The highest BCUT2D eigenvalue weighted by Gasteiger charge is 2.05.